The Kier molecular flexibility index (Phi) is 5.24. The standard InChI is InChI=1S/C16H24FNO2/c1-11(17)14-10-16(20-3)15(19-2)9-13(14)8-12-4-6-18-7-5-12/h9-12,18H,4-8H2,1-3H3. The molecule has 0 spiro atoms. The first-order valence-electron chi connectivity index (χ1n) is 7.25. The summed E-state index contributed by atoms with van der Waals surface area (Å²) in [5.41, 5.74) is 1.77. The zero-order chi connectivity index (χ0) is 14.5. The van der Waals surface area contributed by atoms with Crippen molar-refractivity contribution in [3.63, 3.8) is 0 Å². The Hall–Kier alpha value is -1.29. The number of benzene rings is 1. The molecule has 1 N–H and O–H groups in total. The smallest absolute Gasteiger partial charge is 0.161 e. The van der Waals surface area contributed by atoms with Crippen molar-refractivity contribution in [2.45, 2.75) is 32.4 Å². The molecule has 1 aliphatic heterocycles. The van der Waals surface area contributed by atoms with Crippen LogP contribution < -0.4 is 14.8 Å². The van der Waals surface area contributed by atoms with Crippen molar-refractivity contribution in [3.05, 3.63) is 23.3 Å². The maximum atomic E-state index is 13.9. The number of hydrogen-bond donors (Lipinski definition) is 1. The number of piperidine rings is 1. The summed E-state index contributed by atoms with van der Waals surface area (Å²) in [6.07, 6.45) is 2.21. The first-order chi connectivity index (χ1) is 9.65. The molecule has 2 rings (SSSR count). The van der Waals surface area contributed by atoms with E-state index < -0.39 is 6.17 Å². The third-order valence-electron chi connectivity index (χ3n) is 4.04. The lowest BCUT2D eigenvalue weighted by Gasteiger charge is -2.24. The monoisotopic (exact) mass is 281 g/mol. The minimum atomic E-state index is -0.994. The van der Waals surface area contributed by atoms with Crippen molar-refractivity contribution in [3.8, 4) is 11.5 Å². The lowest BCUT2D eigenvalue weighted by atomic mass is 9.88. The molecule has 0 amide bonds. The van der Waals surface area contributed by atoms with Gasteiger partial charge in [-0.2, -0.15) is 0 Å². The molecule has 1 unspecified atom stereocenters. The van der Waals surface area contributed by atoms with Crippen LogP contribution in [0, 0.1) is 5.92 Å². The summed E-state index contributed by atoms with van der Waals surface area (Å²) in [4.78, 5) is 0. The second-order valence-electron chi connectivity index (χ2n) is 5.42. The molecule has 3 nitrogen and oxygen atoms in total. The van der Waals surface area contributed by atoms with E-state index in [9.17, 15) is 4.39 Å². The molecule has 0 bridgehead atoms. The van der Waals surface area contributed by atoms with Gasteiger partial charge in [-0.25, -0.2) is 4.39 Å². The van der Waals surface area contributed by atoms with Crippen molar-refractivity contribution < 1.29 is 13.9 Å². The largest absolute Gasteiger partial charge is 0.493 e. The molecule has 1 atom stereocenters. The van der Waals surface area contributed by atoms with E-state index in [4.69, 9.17) is 9.47 Å². The van der Waals surface area contributed by atoms with Crippen molar-refractivity contribution in [2.24, 2.45) is 5.92 Å². The van der Waals surface area contributed by atoms with Gasteiger partial charge in [0.2, 0.25) is 0 Å². The number of hydrogen-bond acceptors (Lipinski definition) is 3. The number of nitrogens with one attached hydrogen (secondary N) is 1. The van der Waals surface area contributed by atoms with Crippen LogP contribution in [-0.2, 0) is 6.42 Å². The molecular weight excluding hydrogens is 257 g/mol. The summed E-state index contributed by atoms with van der Waals surface area (Å²) in [6, 6.07) is 3.71. The van der Waals surface area contributed by atoms with Crippen LogP contribution in [0.15, 0.2) is 12.1 Å². The van der Waals surface area contributed by atoms with Crippen LogP contribution in [0.25, 0.3) is 0 Å². The zero-order valence-corrected chi connectivity index (χ0v) is 12.5. The molecule has 1 aliphatic rings. The molecule has 4 heteroatoms. The van der Waals surface area contributed by atoms with E-state index in [2.05, 4.69) is 5.32 Å². The van der Waals surface area contributed by atoms with Gasteiger partial charge in [-0.05, 0) is 68.5 Å². The highest BCUT2D eigenvalue weighted by Crippen LogP contribution is 2.36. The Balaban J connectivity index is 2.28. The Morgan fingerprint density at radius 3 is 2.35 bits per heavy atom. The van der Waals surface area contributed by atoms with Crippen LogP contribution in [0.2, 0.25) is 0 Å². The highest BCUT2D eigenvalue weighted by molar-refractivity contribution is 5.48. The summed E-state index contributed by atoms with van der Waals surface area (Å²) in [6.45, 7) is 3.68. The molecule has 0 saturated carbocycles. The third kappa shape index (κ3) is 3.42. The predicted octanol–water partition coefficient (Wildman–Crippen LogP) is 3.28. The van der Waals surface area contributed by atoms with Gasteiger partial charge in [0.05, 0.1) is 14.2 Å². The Morgan fingerprint density at radius 1 is 1.20 bits per heavy atom. The third-order valence-corrected chi connectivity index (χ3v) is 4.04. The van der Waals surface area contributed by atoms with Crippen LogP contribution in [0.4, 0.5) is 4.39 Å². The van der Waals surface area contributed by atoms with Crippen molar-refractivity contribution in [1.82, 2.24) is 5.32 Å². The van der Waals surface area contributed by atoms with Crippen LogP contribution in [0.3, 0.4) is 0 Å². The number of ether oxygens (including phenoxy) is 2. The highest BCUT2D eigenvalue weighted by atomic mass is 19.1. The average Bonchev–Trinajstić information content (AvgIpc) is 2.47. The fraction of sp³-hybridized carbons (Fsp3) is 0.625. The molecule has 0 aromatic heterocycles. The molecule has 112 valence electrons. The molecule has 1 aromatic carbocycles. The van der Waals surface area contributed by atoms with Gasteiger partial charge in [0.1, 0.15) is 6.17 Å². The molecule has 1 saturated heterocycles. The van der Waals surface area contributed by atoms with Gasteiger partial charge in [0.25, 0.3) is 0 Å². The van der Waals surface area contributed by atoms with Gasteiger partial charge in [0, 0.05) is 0 Å². The second-order valence-corrected chi connectivity index (χ2v) is 5.42. The zero-order valence-electron chi connectivity index (χ0n) is 12.5. The molecule has 1 fully saturated rings. The summed E-state index contributed by atoms with van der Waals surface area (Å²) >= 11 is 0. The fourth-order valence-electron chi connectivity index (χ4n) is 2.88. The quantitative estimate of drug-likeness (QED) is 0.898. The summed E-state index contributed by atoms with van der Waals surface area (Å²) in [5, 5.41) is 3.36. The van der Waals surface area contributed by atoms with Gasteiger partial charge in [-0.3, -0.25) is 0 Å². The van der Waals surface area contributed by atoms with E-state index in [0.717, 1.165) is 43.5 Å². The first kappa shape index (κ1) is 15.1. The molecular formula is C16H24FNO2. The number of alkyl halides is 1. The minimum Gasteiger partial charge on any atom is -0.493 e. The van der Waals surface area contributed by atoms with E-state index >= 15 is 0 Å². The van der Waals surface area contributed by atoms with Gasteiger partial charge in [-0.1, -0.05) is 0 Å². The number of methoxy groups -OCH3 is 2. The van der Waals surface area contributed by atoms with Crippen molar-refractivity contribution >= 4 is 0 Å². The van der Waals surface area contributed by atoms with Gasteiger partial charge in [-0.15, -0.1) is 0 Å². The molecule has 20 heavy (non-hydrogen) atoms. The molecule has 1 aromatic rings. The Bertz CT molecular complexity index is 442. The summed E-state index contributed by atoms with van der Waals surface area (Å²) < 4.78 is 24.5. The second kappa shape index (κ2) is 6.93. The lowest BCUT2D eigenvalue weighted by molar-refractivity contribution is 0.338. The van der Waals surface area contributed by atoms with E-state index in [0.29, 0.717) is 17.4 Å². The van der Waals surface area contributed by atoms with Gasteiger partial charge in [0.15, 0.2) is 11.5 Å². The van der Waals surface area contributed by atoms with E-state index in [1.54, 1.807) is 27.2 Å². The van der Waals surface area contributed by atoms with E-state index in [1.807, 2.05) is 6.07 Å². The Labute approximate surface area is 120 Å². The van der Waals surface area contributed by atoms with Crippen molar-refractivity contribution in [2.75, 3.05) is 27.3 Å². The lowest BCUT2D eigenvalue weighted by Crippen LogP contribution is -2.28. The van der Waals surface area contributed by atoms with Gasteiger partial charge < -0.3 is 14.8 Å². The average molecular weight is 281 g/mol. The molecule has 1 heterocycles. The normalized spacial score (nSPS) is 17.8. The first-order valence-corrected chi connectivity index (χ1v) is 7.25. The van der Waals surface area contributed by atoms with Gasteiger partial charge >= 0.3 is 0 Å². The molecule has 0 radical (unpaired) electrons. The maximum absolute atomic E-state index is 13.9. The van der Waals surface area contributed by atoms with Crippen LogP contribution in [-0.4, -0.2) is 27.3 Å². The summed E-state index contributed by atoms with van der Waals surface area (Å²) in [7, 11) is 3.20. The summed E-state index contributed by atoms with van der Waals surface area (Å²) in [5.74, 6) is 1.90. The highest BCUT2D eigenvalue weighted by Gasteiger charge is 2.20. The number of rotatable bonds is 5. The predicted molar refractivity (Wildman–Crippen MR) is 78.4 cm³/mol. The topological polar surface area (TPSA) is 30.5 Å². The van der Waals surface area contributed by atoms with Crippen LogP contribution >= 0.6 is 0 Å². The van der Waals surface area contributed by atoms with Crippen LogP contribution in [0.1, 0.15) is 37.1 Å². The maximum Gasteiger partial charge on any atom is 0.161 e. The van der Waals surface area contributed by atoms with Crippen molar-refractivity contribution in [1.29, 1.82) is 0 Å². The van der Waals surface area contributed by atoms with E-state index in [-0.39, 0.29) is 0 Å². The van der Waals surface area contributed by atoms with E-state index in [1.165, 1.54) is 0 Å². The van der Waals surface area contributed by atoms with Crippen LogP contribution in [0.5, 0.6) is 11.5 Å². The minimum absolute atomic E-state index is 0.598. The SMILES string of the molecule is COc1cc(CC2CCNCC2)c(C(C)F)cc1OC. The number of halogens is 1. The Morgan fingerprint density at radius 2 is 1.80 bits per heavy atom. The fourth-order valence-corrected chi connectivity index (χ4v) is 2.88. The molecule has 0 aliphatic carbocycles.